The number of amides is 1. The molecule has 0 aliphatic carbocycles. The Bertz CT molecular complexity index is 1110. The van der Waals surface area contributed by atoms with E-state index in [-0.39, 0.29) is 18.3 Å². The van der Waals surface area contributed by atoms with Gasteiger partial charge in [-0.1, -0.05) is 23.2 Å². The highest BCUT2D eigenvalue weighted by atomic mass is 35.5. The number of carbonyl (C=O) groups is 1. The summed E-state index contributed by atoms with van der Waals surface area (Å²) < 4.78 is 17.0. The summed E-state index contributed by atoms with van der Waals surface area (Å²) in [5.74, 6) is 0.0439. The van der Waals surface area contributed by atoms with E-state index in [0.717, 1.165) is 5.56 Å². The van der Waals surface area contributed by atoms with Crippen LogP contribution < -0.4 is 5.32 Å². The second-order valence-electron chi connectivity index (χ2n) is 6.68. The molecule has 0 radical (unpaired) electrons. The average molecular weight is 468 g/mol. The molecule has 30 heavy (non-hydrogen) atoms. The number of rotatable bonds is 7. The van der Waals surface area contributed by atoms with Gasteiger partial charge in [-0.2, -0.15) is 5.10 Å². The van der Waals surface area contributed by atoms with Crippen LogP contribution in [0.5, 0.6) is 0 Å². The number of benzene rings is 2. The van der Waals surface area contributed by atoms with Crippen molar-refractivity contribution >= 4 is 47.0 Å². The lowest BCUT2D eigenvalue weighted by molar-refractivity contribution is -0.117. The summed E-state index contributed by atoms with van der Waals surface area (Å²) >= 11 is 17.9. The van der Waals surface area contributed by atoms with E-state index in [1.54, 1.807) is 34.8 Å². The van der Waals surface area contributed by atoms with E-state index in [0.29, 0.717) is 39.5 Å². The van der Waals surface area contributed by atoms with Gasteiger partial charge >= 0.3 is 0 Å². The van der Waals surface area contributed by atoms with Gasteiger partial charge in [0.1, 0.15) is 5.82 Å². The topological polar surface area (TPSA) is 55.1 Å². The van der Waals surface area contributed by atoms with Gasteiger partial charge in [-0.3, -0.25) is 9.69 Å². The van der Waals surface area contributed by atoms with Gasteiger partial charge in [-0.25, -0.2) is 9.07 Å². The molecule has 0 aliphatic heterocycles. The van der Waals surface area contributed by atoms with Gasteiger partial charge in [0.05, 0.1) is 18.2 Å². The maximum atomic E-state index is 13.0. The van der Waals surface area contributed by atoms with Crippen LogP contribution in [-0.2, 0) is 18.0 Å². The van der Waals surface area contributed by atoms with E-state index in [4.69, 9.17) is 35.4 Å². The van der Waals surface area contributed by atoms with E-state index in [2.05, 4.69) is 10.4 Å². The van der Waals surface area contributed by atoms with Crippen LogP contribution in [0.25, 0.3) is 11.4 Å². The second-order valence-corrected chi connectivity index (χ2v) is 7.89. The SMILES string of the molecule is CCn1c(-c2ccc(Cl)cc2Cl)nn(CN(C)CC(=O)Nc2ccc(F)cc2)c1=S. The first-order valence-electron chi connectivity index (χ1n) is 9.15. The monoisotopic (exact) mass is 467 g/mol. The van der Waals surface area contributed by atoms with Crippen molar-refractivity contribution < 1.29 is 9.18 Å². The van der Waals surface area contributed by atoms with Gasteiger partial charge in [0.15, 0.2) is 10.6 Å². The third-order valence-electron chi connectivity index (χ3n) is 4.33. The minimum absolute atomic E-state index is 0.106. The Hall–Kier alpha value is -2.26. The molecule has 2 aromatic carbocycles. The second kappa shape index (κ2) is 9.70. The molecule has 158 valence electrons. The largest absolute Gasteiger partial charge is 0.325 e. The minimum atomic E-state index is -0.359. The summed E-state index contributed by atoms with van der Waals surface area (Å²) in [5.41, 5.74) is 1.26. The standard InChI is InChI=1S/C20H20Cl2FN5OS/c1-3-27-19(16-9-4-13(21)10-17(16)22)25-28(20(27)30)12-26(2)11-18(29)24-15-7-5-14(23)6-8-15/h4-10H,3,11-12H2,1-2H3,(H,24,29). The van der Waals surface area contributed by atoms with Crippen molar-refractivity contribution in [3.8, 4) is 11.4 Å². The number of nitrogens with zero attached hydrogens (tertiary/aromatic N) is 4. The van der Waals surface area contributed by atoms with Gasteiger partial charge in [-0.15, -0.1) is 0 Å². The number of anilines is 1. The first-order chi connectivity index (χ1) is 14.3. The molecule has 0 atom stereocenters. The predicted molar refractivity (Wildman–Crippen MR) is 120 cm³/mol. The number of hydrogen-bond acceptors (Lipinski definition) is 4. The Morgan fingerprint density at radius 2 is 1.93 bits per heavy atom. The summed E-state index contributed by atoms with van der Waals surface area (Å²) in [5, 5.41) is 8.37. The number of halogens is 3. The maximum absolute atomic E-state index is 13.0. The van der Waals surface area contributed by atoms with Gasteiger partial charge in [0.2, 0.25) is 5.91 Å². The number of carbonyl (C=O) groups excluding carboxylic acids is 1. The third kappa shape index (κ3) is 5.26. The molecular weight excluding hydrogens is 448 g/mol. The Balaban J connectivity index is 1.74. The van der Waals surface area contributed by atoms with Crippen molar-refractivity contribution in [2.24, 2.45) is 0 Å². The summed E-state index contributed by atoms with van der Waals surface area (Å²) in [4.78, 5) is 14.0. The molecular formula is C20H20Cl2FN5OS. The summed E-state index contributed by atoms with van der Waals surface area (Å²) in [6, 6.07) is 10.8. The Kier molecular flexibility index (Phi) is 7.25. The number of aromatic nitrogens is 3. The number of nitrogens with one attached hydrogen (secondary N) is 1. The average Bonchev–Trinajstić information content (AvgIpc) is 2.98. The highest BCUT2D eigenvalue weighted by molar-refractivity contribution is 7.71. The Morgan fingerprint density at radius 1 is 1.23 bits per heavy atom. The first-order valence-corrected chi connectivity index (χ1v) is 10.3. The third-order valence-corrected chi connectivity index (χ3v) is 5.31. The fourth-order valence-corrected chi connectivity index (χ4v) is 3.75. The molecule has 0 bridgehead atoms. The lowest BCUT2D eigenvalue weighted by atomic mass is 10.2. The highest BCUT2D eigenvalue weighted by Gasteiger charge is 2.16. The molecule has 3 rings (SSSR count). The normalized spacial score (nSPS) is 11.1. The molecule has 0 saturated carbocycles. The lowest BCUT2D eigenvalue weighted by Crippen LogP contribution is -2.32. The zero-order valence-corrected chi connectivity index (χ0v) is 18.7. The Morgan fingerprint density at radius 3 is 2.57 bits per heavy atom. The van der Waals surface area contributed by atoms with Gasteiger partial charge < -0.3 is 9.88 Å². The first kappa shape index (κ1) is 22.4. The molecule has 10 heteroatoms. The molecule has 0 fully saturated rings. The molecule has 0 unspecified atom stereocenters. The molecule has 1 N–H and O–H groups in total. The molecule has 1 amide bonds. The maximum Gasteiger partial charge on any atom is 0.238 e. The van der Waals surface area contributed by atoms with Crippen LogP contribution >= 0.6 is 35.4 Å². The fourth-order valence-electron chi connectivity index (χ4n) is 2.95. The van der Waals surface area contributed by atoms with Gasteiger partial charge in [-0.05, 0) is 68.7 Å². The van der Waals surface area contributed by atoms with Crippen LogP contribution in [0.15, 0.2) is 42.5 Å². The fraction of sp³-hybridized carbons (Fsp3) is 0.250. The van der Waals surface area contributed by atoms with Crippen molar-refractivity contribution in [2.75, 3.05) is 18.9 Å². The zero-order chi connectivity index (χ0) is 21.8. The van der Waals surface area contributed by atoms with Crippen molar-refractivity contribution in [1.82, 2.24) is 19.2 Å². The Labute approximate surface area is 188 Å². The van der Waals surface area contributed by atoms with Gasteiger partial charge in [0.25, 0.3) is 0 Å². The molecule has 0 aliphatic rings. The molecule has 6 nitrogen and oxygen atoms in total. The molecule has 3 aromatic rings. The van der Waals surface area contributed by atoms with E-state index in [9.17, 15) is 9.18 Å². The van der Waals surface area contributed by atoms with Gasteiger partial charge in [0, 0.05) is 22.8 Å². The van der Waals surface area contributed by atoms with Crippen molar-refractivity contribution in [3.63, 3.8) is 0 Å². The van der Waals surface area contributed by atoms with E-state index >= 15 is 0 Å². The smallest absolute Gasteiger partial charge is 0.238 e. The van der Waals surface area contributed by atoms with Crippen LogP contribution in [-0.4, -0.2) is 38.7 Å². The van der Waals surface area contributed by atoms with Crippen LogP contribution in [0, 0.1) is 10.6 Å². The number of hydrogen-bond donors (Lipinski definition) is 1. The number of likely N-dealkylation sites (N-methyl/N-ethyl adjacent to an activating group) is 1. The molecule has 0 spiro atoms. The van der Waals surface area contributed by atoms with Crippen LogP contribution in [0.1, 0.15) is 6.92 Å². The van der Waals surface area contributed by atoms with E-state index in [1.165, 1.54) is 24.3 Å². The summed E-state index contributed by atoms with van der Waals surface area (Å²) in [6.07, 6.45) is 0. The van der Waals surface area contributed by atoms with Crippen molar-refractivity contribution in [3.05, 3.63) is 63.1 Å². The highest BCUT2D eigenvalue weighted by Crippen LogP contribution is 2.29. The van der Waals surface area contributed by atoms with E-state index in [1.807, 2.05) is 11.5 Å². The minimum Gasteiger partial charge on any atom is -0.325 e. The molecule has 0 saturated heterocycles. The molecule has 1 heterocycles. The summed E-state index contributed by atoms with van der Waals surface area (Å²) in [6.45, 7) is 2.99. The van der Waals surface area contributed by atoms with Crippen molar-refractivity contribution in [2.45, 2.75) is 20.1 Å². The van der Waals surface area contributed by atoms with Crippen LogP contribution in [0.3, 0.4) is 0 Å². The van der Waals surface area contributed by atoms with E-state index < -0.39 is 0 Å². The van der Waals surface area contributed by atoms with Crippen LogP contribution in [0.4, 0.5) is 10.1 Å². The molecule has 1 aromatic heterocycles. The van der Waals surface area contributed by atoms with Crippen LogP contribution in [0.2, 0.25) is 10.0 Å². The predicted octanol–water partition coefficient (Wildman–Crippen LogP) is 5.07. The van der Waals surface area contributed by atoms with Crippen molar-refractivity contribution in [1.29, 1.82) is 0 Å². The summed E-state index contributed by atoms with van der Waals surface area (Å²) in [7, 11) is 1.78. The quantitative estimate of drug-likeness (QED) is 0.492. The zero-order valence-electron chi connectivity index (χ0n) is 16.4. The lowest BCUT2D eigenvalue weighted by Gasteiger charge is -2.16.